The van der Waals surface area contributed by atoms with Gasteiger partial charge in [0.1, 0.15) is 5.82 Å². The van der Waals surface area contributed by atoms with Crippen LogP contribution in [0.25, 0.3) is 17.0 Å². The quantitative estimate of drug-likeness (QED) is 0.745. The van der Waals surface area contributed by atoms with Gasteiger partial charge in [-0.05, 0) is 24.8 Å². The molecular weight excluding hydrogens is 256 g/mol. The highest BCUT2D eigenvalue weighted by molar-refractivity contribution is 5.68. The van der Waals surface area contributed by atoms with Crippen LogP contribution in [0.1, 0.15) is 38.3 Å². The lowest BCUT2D eigenvalue weighted by molar-refractivity contribution is 0.637. The molecule has 3 rings (SSSR count). The van der Waals surface area contributed by atoms with E-state index in [0.29, 0.717) is 0 Å². The van der Waals surface area contributed by atoms with E-state index >= 15 is 0 Å². The number of imidazole rings is 1. The van der Waals surface area contributed by atoms with E-state index < -0.39 is 0 Å². The molecule has 0 fully saturated rings. The van der Waals surface area contributed by atoms with Crippen molar-refractivity contribution >= 4 is 5.57 Å². The van der Waals surface area contributed by atoms with Crippen LogP contribution < -0.4 is 0 Å². The smallest absolute Gasteiger partial charge is 0.140 e. The minimum atomic E-state index is 1.04. The number of aromatic nitrogens is 2. The molecule has 0 aliphatic heterocycles. The van der Waals surface area contributed by atoms with Crippen molar-refractivity contribution in [2.45, 2.75) is 39.2 Å². The molecule has 0 unspecified atom stereocenters. The van der Waals surface area contributed by atoms with Crippen molar-refractivity contribution in [3.63, 3.8) is 0 Å². The molecule has 1 heterocycles. The fraction of sp³-hybridized carbons (Fsp3) is 0.316. The highest BCUT2D eigenvalue weighted by Crippen LogP contribution is 2.27. The van der Waals surface area contributed by atoms with Gasteiger partial charge in [0, 0.05) is 18.3 Å². The van der Waals surface area contributed by atoms with Gasteiger partial charge >= 0.3 is 0 Å². The van der Waals surface area contributed by atoms with Crippen LogP contribution in [-0.4, -0.2) is 9.55 Å². The zero-order valence-electron chi connectivity index (χ0n) is 12.6. The van der Waals surface area contributed by atoms with Crippen LogP contribution in [0.3, 0.4) is 0 Å². The van der Waals surface area contributed by atoms with Gasteiger partial charge in [0.05, 0.1) is 5.69 Å². The van der Waals surface area contributed by atoms with Crippen molar-refractivity contribution in [1.29, 1.82) is 0 Å². The van der Waals surface area contributed by atoms with Gasteiger partial charge in [-0.3, -0.25) is 0 Å². The van der Waals surface area contributed by atoms with Crippen molar-refractivity contribution < 1.29 is 0 Å². The molecule has 0 saturated carbocycles. The summed E-state index contributed by atoms with van der Waals surface area (Å²) in [4.78, 5) is 4.92. The van der Waals surface area contributed by atoms with Crippen LogP contribution in [0.5, 0.6) is 0 Å². The molecule has 2 aromatic rings. The van der Waals surface area contributed by atoms with Gasteiger partial charge in [-0.2, -0.15) is 0 Å². The fourth-order valence-corrected chi connectivity index (χ4v) is 2.70. The minimum Gasteiger partial charge on any atom is -0.330 e. The fourth-order valence-electron chi connectivity index (χ4n) is 2.70. The molecule has 1 aromatic carbocycles. The molecule has 0 radical (unpaired) electrons. The molecule has 1 aliphatic rings. The first-order valence-corrected chi connectivity index (χ1v) is 7.87. The van der Waals surface area contributed by atoms with Gasteiger partial charge in [0.2, 0.25) is 0 Å². The van der Waals surface area contributed by atoms with Crippen molar-refractivity contribution in [2.24, 2.45) is 0 Å². The molecule has 108 valence electrons. The van der Waals surface area contributed by atoms with Crippen molar-refractivity contribution in [3.8, 4) is 11.4 Å². The van der Waals surface area contributed by atoms with Crippen LogP contribution in [0.2, 0.25) is 0 Å². The van der Waals surface area contributed by atoms with Crippen LogP contribution >= 0.6 is 0 Å². The van der Waals surface area contributed by atoms with E-state index in [2.05, 4.69) is 66.2 Å². The van der Waals surface area contributed by atoms with Crippen molar-refractivity contribution in [1.82, 2.24) is 9.55 Å². The highest BCUT2D eigenvalue weighted by Gasteiger charge is 2.13. The second-order valence-corrected chi connectivity index (χ2v) is 5.52. The zero-order chi connectivity index (χ0) is 14.5. The Bertz CT molecular complexity index is 647. The Balaban J connectivity index is 1.98. The Morgan fingerprint density at radius 2 is 2.05 bits per heavy atom. The first kappa shape index (κ1) is 13.9. The van der Waals surface area contributed by atoms with E-state index in [0.717, 1.165) is 30.9 Å². The van der Waals surface area contributed by atoms with E-state index in [-0.39, 0.29) is 0 Å². The molecule has 0 saturated heterocycles. The van der Waals surface area contributed by atoms with Gasteiger partial charge in [0.15, 0.2) is 0 Å². The lowest BCUT2D eigenvalue weighted by atomic mass is 10.0. The highest BCUT2D eigenvalue weighted by atomic mass is 15.1. The van der Waals surface area contributed by atoms with Gasteiger partial charge in [-0.1, -0.05) is 61.9 Å². The third-order valence-corrected chi connectivity index (χ3v) is 3.90. The Labute approximate surface area is 126 Å². The number of hydrogen-bond acceptors (Lipinski definition) is 1. The van der Waals surface area contributed by atoms with Crippen LogP contribution in [-0.2, 0) is 6.54 Å². The molecule has 0 N–H and O–H groups in total. The number of nitrogens with zero attached hydrogens (tertiary/aromatic N) is 2. The van der Waals surface area contributed by atoms with Crippen molar-refractivity contribution in [3.05, 3.63) is 60.5 Å². The van der Waals surface area contributed by atoms with Crippen molar-refractivity contribution in [2.75, 3.05) is 0 Å². The molecule has 1 aromatic heterocycles. The summed E-state index contributed by atoms with van der Waals surface area (Å²) < 4.78 is 2.31. The van der Waals surface area contributed by atoms with E-state index in [1.807, 2.05) is 0 Å². The number of unbranched alkanes of at least 4 members (excludes halogenated alkanes) is 1. The average Bonchev–Trinajstić information content (AvgIpc) is 2.99. The number of hydrogen-bond donors (Lipinski definition) is 0. The largest absolute Gasteiger partial charge is 0.330 e. The molecule has 0 amide bonds. The summed E-state index contributed by atoms with van der Waals surface area (Å²) in [6.07, 6.45) is 13.4. The summed E-state index contributed by atoms with van der Waals surface area (Å²) in [5, 5.41) is 0. The topological polar surface area (TPSA) is 17.8 Å². The molecule has 2 heteroatoms. The number of allylic oxidation sites excluding steroid dienone is 4. The molecule has 0 atom stereocenters. The first-order valence-electron chi connectivity index (χ1n) is 7.87. The van der Waals surface area contributed by atoms with Gasteiger partial charge in [-0.25, -0.2) is 4.98 Å². The van der Waals surface area contributed by atoms with Crippen LogP contribution in [0.4, 0.5) is 0 Å². The summed E-state index contributed by atoms with van der Waals surface area (Å²) in [7, 11) is 0. The second kappa shape index (κ2) is 6.57. The number of aryl methyl sites for hydroxylation is 1. The van der Waals surface area contributed by atoms with E-state index in [4.69, 9.17) is 4.98 Å². The zero-order valence-corrected chi connectivity index (χ0v) is 12.6. The minimum absolute atomic E-state index is 1.04. The SMILES string of the molecule is CCCCn1cc(C2=CC=CCC2)nc1-c1ccccc1. The molecule has 2 nitrogen and oxygen atoms in total. The molecule has 0 bridgehead atoms. The molecule has 0 spiro atoms. The monoisotopic (exact) mass is 278 g/mol. The van der Waals surface area contributed by atoms with Crippen LogP contribution in [0, 0.1) is 0 Å². The Morgan fingerprint density at radius 1 is 1.19 bits per heavy atom. The molecular formula is C19H22N2. The normalized spacial score (nSPS) is 14.2. The summed E-state index contributed by atoms with van der Waals surface area (Å²) in [5.41, 5.74) is 3.69. The van der Waals surface area contributed by atoms with Gasteiger partial charge < -0.3 is 4.57 Å². The average molecular weight is 278 g/mol. The third-order valence-electron chi connectivity index (χ3n) is 3.90. The maximum atomic E-state index is 4.92. The summed E-state index contributed by atoms with van der Waals surface area (Å²) >= 11 is 0. The van der Waals surface area contributed by atoms with E-state index in [1.165, 1.54) is 24.0 Å². The maximum absolute atomic E-state index is 4.92. The lowest BCUT2D eigenvalue weighted by Gasteiger charge is -2.06. The summed E-state index contributed by atoms with van der Waals surface area (Å²) in [6, 6.07) is 10.5. The molecule has 1 aliphatic carbocycles. The maximum Gasteiger partial charge on any atom is 0.140 e. The molecule has 21 heavy (non-hydrogen) atoms. The first-order chi connectivity index (χ1) is 10.4. The Kier molecular flexibility index (Phi) is 4.34. The standard InChI is InChI=1S/C19H22N2/c1-2-3-14-21-15-18(16-10-6-4-7-11-16)20-19(21)17-12-8-5-9-13-17/h4-6,8-10,12-13,15H,2-3,7,11,14H2,1H3. The Morgan fingerprint density at radius 3 is 2.76 bits per heavy atom. The van der Waals surface area contributed by atoms with E-state index in [1.54, 1.807) is 0 Å². The summed E-state index contributed by atoms with van der Waals surface area (Å²) in [6.45, 7) is 3.27. The predicted octanol–water partition coefficient (Wildman–Crippen LogP) is 5.08. The second-order valence-electron chi connectivity index (χ2n) is 5.52. The van der Waals surface area contributed by atoms with Gasteiger partial charge in [-0.15, -0.1) is 0 Å². The predicted molar refractivity (Wildman–Crippen MR) is 88.9 cm³/mol. The number of benzene rings is 1. The summed E-state index contributed by atoms with van der Waals surface area (Å²) in [5.74, 6) is 1.09. The Hall–Kier alpha value is -2.09. The van der Waals surface area contributed by atoms with Crippen LogP contribution in [0.15, 0.2) is 54.8 Å². The third kappa shape index (κ3) is 3.15. The number of rotatable bonds is 5. The van der Waals surface area contributed by atoms with Gasteiger partial charge in [0.25, 0.3) is 0 Å². The lowest BCUT2D eigenvalue weighted by Crippen LogP contribution is -1.98. The van der Waals surface area contributed by atoms with E-state index in [9.17, 15) is 0 Å².